The zero-order chi connectivity index (χ0) is 14.7. The molecule has 1 aliphatic heterocycles. The first-order valence-corrected chi connectivity index (χ1v) is 7.97. The summed E-state index contributed by atoms with van der Waals surface area (Å²) in [4.78, 5) is 0. The third kappa shape index (κ3) is 2.72. The maximum absolute atomic E-state index is 9.15. The van der Waals surface area contributed by atoms with E-state index in [1.165, 1.54) is 11.1 Å². The summed E-state index contributed by atoms with van der Waals surface area (Å²) in [6, 6.07) is 16.1. The molecule has 0 aliphatic carbocycles. The molecule has 1 aliphatic rings. The summed E-state index contributed by atoms with van der Waals surface area (Å²) in [5.41, 5.74) is 5.16. The van der Waals surface area contributed by atoms with Crippen LogP contribution in [0.2, 0.25) is 0 Å². The van der Waals surface area contributed by atoms with E-state index in [-0.39, 0.29) is 0 Å². The van der Waals surface area contributed by atoms with Gasteiger partial charge in [-0.05, 0) is 41.3 Å². The molecule has 21 heavy (non-hydrogen) atoms. The van der Waals surface area contributed by atoms with Crippen molar-refractivity contribution in [2.75, 3.05) is 5.33 Å². The van der Waals surface area contributed by atoms with E-state index in [9.17, 15) is 0 Å². The molecular weight excluding hydrogens is 326 g/mol. The van der Waals surface area contributed by atoms with Crippen molar-refractivity contribution >= 4 is 21.5 Å². The highest BCUT2D eigenvalue weighted by atomic mass is 79.9. The molecule has 0 bridgehead atoms. The molecule has 0 aromatic heterocycles. The lowest BCUT2D eigenvalue weighted by Crippen LogP contribution is -1.94. The first-order chi connectivity index (χ1) is 10.3. The second kappa shape index (κ2) is 6.15. The summed E-state index contributed by atoms with van der Waals surface area (Å²) < 4.78 is 5.92. The number of alkyl halides is 1. The van der Waals surface area contributed by atoms with Crippen molar-refractivity contribution in [1.29, 1.82) is 5.26 Å². The molecular formula is C18H14BrNO. The van der Waals surface area contributed by atoms with Crippen LogP contribution in [0.1, 0.15) is 28.7 Å². The van der Waals surface area contributed by atoms with Crippen molar-refractivity contribution in [3.05, 3.63) is 70.8 Å². The molecule has 2 aromatic rings. The highest BCUT2D eigenvalue weighted by Gasteiger charge is 2.19. The Kier molecular flexibility index (Phi) is 4.08. The van der Waals surface area contributed by atoms with Gasteiger partial charge in [0, 0.05) is 10.9 Å². The molecule has 3 rings (SSSR count). The van der Waals surface area contributed by atoms with Gasteiger partial charge in [-0.3, -0.25) is 0 Å². The minimum atomic E-state index is 0.556. The van der Waals surface area contributed by atoms with Gasteiger partial charge in [0.05, 0.1) is 11.6 Å². The summed E-state index contributed by atoms with van der Waals surface area (Å²) in [6.45, 7) is 0.556. The Hall–Kier alpha value is -2.05. The summed E-state index contributed by atoms with van der Waals surface area (Å²) in [6.07, 6.45) is 3.14. The van der Waals surface area contributed by atoms with Crippen molar-refractivity contribution in [1.82, 2.24) is 0 Å². The second-order valence-electron chi connectivity index (χ2n) is 4.86. The lowest BCUT2D eigenvalue weighted by Gasteiger charge is -2.10. The molecule has 0 radical (unpaired) electrons. The van der Waals surface area contributed by atoms with E-state index in [1.54, 1.807) is 6.07 Å². The van der Waals surface area contributed by atoms with Crippen LogP contribution in [0.25, 0.3) is 5.57 Å². The number of hydrogen-bond acceptors (Lipinski definition) is 2. The number of nitrogens with zero attached hydrogens (tertiary/aromatic N) is 1. The molecule has 0 unspecified atom stereocenters. The monoisotopic (exact) mass is 339 g/mol. The van der Waals surface area contributed by atoms with Gasteiger partial charge in [0.2, 0.25) is 0 Å². The van der Waals surface area contributed by atoms with Crippen LogP contribution in [0.3, 0.4) is 0 Å². The third-order valence-electron chi connectivity index (χ3n) is 3.55. The van der Waals surface area contributed by atoms with Gasteiger partial charge in [0.15, 0.2) is 0 Å². The Labute approximate surface area is 132 Å². The van der Waals surface area contributed by atoms with Crippen LogP contribution in [0.15, 0.2) is 48.5 Å². The number of halogens is 1. The van der Waals surface area contributed by atoms with Crippen molar-refractivity contribution < 1.29 is 4.74 Å². The fourth-order valence-corrected chi connectivity index (χ4v) is 2.79. The van der Waals surface area contributed by atoms with E-state index in [1.807, 2.05) is 24.3 Å². The number of ether oxygens (including phenoxy) is 1. The predicted octanol–water partition coefficient (Wildman–Crippen LogP) is 4.67. The minimum Gasteiger partial charge on any atom is -0.488 e. The van der Waals surface area contributed by atoms with Crippen LogP contribution >= 0.6 is 15.9 Å². The predicted molar refractivity (Wildman–Crippen MR) is 87.4 cm³/mol. The van der Waals surface area contributed by atoms with Crippen LogP contribution in [0.5, 0.6) is 5.75 Å². The van der Waals surface area contributed by atoms with Crippen LogP contribution in [-0.2, 0) is 6.61 Å². The van der Waals surface area contributed by atoms with E-state index >= 15 is 0 Å². The molecule has 104 valence electrons. The van der Waals surface area contributed by atoms with Crippen molar-refractivity contribution in [2.45, 2.75) is 13.0 Å². The topological polar surface area (TPSA) is 33.0 Å². The Morgan fingerprint density at radius 1 is 1.19 bits per heavy atom. The standard InChI is InChI=1S/C18H14BrNO/c19-9-3-6-16-15-5-2-1-4-14(15)12-21-18-8-7-13(11-20)10-17(16)18/h1-2,4-8,10H,3,9,12H2. The van der Waals surface area contributed by atoms with Gasteiger partial charge in [-0.1, -0.05) is 46.3 Å². The van der Waals surface area contributed by atoms with Gasteiger partial charge in [0.1, 0.15) is 12.4 Å². The molecule has 2 nitrogen and oxygen atoms in total. The van der Waals surface area contributed by atoms with Gasteiger partial charge < -0.3 is 4.74 Å². The average molecular weight is 340 g/mol. The lowest BCUT2D eigenvalue weighted by molar-refractivity contribution is 0.307. The summed E-state index contributed by atoms with van der Waals surface area (Å²) in [5.74, 6) is 0.839. The first-order valence-electron chi connectivity index (χ1n) is 6.85. The minimum absolute atomic E-state index is 0.556. The highest BCUT2D eigenvalue weighted by molar-refractivity contribution is 9.09. The number of benzene rings is 2. The molecule has 1 heterocycles. The van der Waals surface area contributed by atoms with E-state index in [0.717, 1.165) is 28.6 Å². The van der Waals surface area contributed by atoms with Gasteiger partial charge in [-0.25, -0.2) is 0 Å². The third-order valence-corrected chi connectivity index (χ3v) is 4.00. The molecule has 0 spiro atoms. The van der Waals surface area contributed by atoms with Crippen LogP contribution in [0.4, 0.5) is 0 Å². The Morgan fingerprint density at radius 3 is 2.86 bits per heavy atom. The molecule has 0 saturated heterocycles. The maximum Gasteiger partial charge on any atom is 0.127 e. The lowest BCUT2D eigenvalue weighted by atomic mass is 9.93. The van der Waals surface area contributed by atoms with E-state index in [4.69, 9.17) is 10.00 Å². The van der Waals surface area contributed by atoms with Gasteiger partial charge >= 0.3 is 0 Å². The number of rotatable bonds is 2. The Bertz CT molecular complexity index is 743. The zero-order valence-electron chi connectivity index (χ0n) is 11.5. The first kappa shape index (κ1) is 13.9. The number of fused-ring (bicyclic) bond motifs is 2. The normalized spacial score (nSPS) is 14.6. The van der Waals surface area contributed by atoms with Gasteiger partial charge in [-0.15, -0.1) is 0 Å². The van der Waals surface area contributed by atoms with E-state index in [0.29, 0.717) is 12.2 Å². The van der Waals surface area contributed by atoms with Gasteiger partial charge in [-0.2, -0.15) is 5.26 Å². The fourth-order valence-electron chi connectivity index (χ4n) is 2.56. The SMILES string of the molecule is N#Cc1ccc2c(c1)C(=CCCBr)c1ccccc1CO2. The molecule has 0 fully saturated rings. The number of nitriles is 1. The summed E-state index contributed by atoms with van der Waals surface area (Å²) in [7, 11) is 0. The summed E-state index contributed by atoms with van der Waals surface area (Å²) in [5, 5.41) is 10.1. The molecule has 0 N–H and O–H groups in total. The largest absolute Gasteiger partial charge is 0.488 e. The average Bonchev–Trinajstić information content (AvgIpc) is 2.69. The van der Waals surface area contributed by atoms with Crippen LogP contribution in [0, 0.1) is 11.3 Å². The Balaban J connectivity index is 2.22. The molecule has 2 aromatic carbocycles. The quantitative estimate of drug-likeness (QED) is 0.745. The number of allylic oxidation sites excluding steroid dienone is 1. The molecule has 0 atom stereocenters. The highest BCUT2D eigenvalue weighted by Crippen LogP contribution is 2.37. The fraction of sp³-hybridized carbons (Fsp3) is 0.167. The van der Waals surface area contributed by atoms with Crippen molar-refractivity contribution in [2.24, 2.45) is 0 Å². The van der Waals surface area contributed by atoms with Crippen LogP contribution in [-0.4, -0.2) is 5.33 Å². The van der Waals surface area contributed by atoms with Crippen molar-refractivity contribution in [3.8, 4) is 11.8 Å². The van der Waals surface area contributed by atoms with Crippen LogP contribution < -0.4 is 4.74 Å². The maximum atomic E-state index is 9.15. The number of hydrogen-bond donors (Lipinski definition) is 0. The molecule has 3 heteroatoms. The van der Waals surface area contributed by atoms with E-state index < -0.39 is 0 Å². The molecule has 0 saturated carbocycles. The Morgan fingerprint density at radius 2 is 2.05 bits per heavy atom. The second-order valence-corrected chi connectivity index (χ2v) is 5.66. The zero-order valence-corrected chi connectivity index (χ0v) is 13.1. The smallest absolute Gasteiger partial charge is 0.127 e. The van der Waals surface area contributed by atoms with E-state index in [2.05, 4.69) is 40.2 Å². The molecule has 0 amide bonds. The van der Waals surface area contributed by atoms with Gasteiger partial charge in [0.25, 0.3) is 0 Å². The summed E-state index contributed by atoms with van der Waals surface area (Å²) >= 11 is 3.48. The van der Waals surface area contributed by atoms with Crippen molar-refractivity contribution in [3.63, 3.8) is 0 Å².